The van der Waals surface area contributed by atoms with Gasteiger partial charge in [0, 0.05) is 70.2 Å². The van der Waals surface area contributed by atoms with E-state index in [1.54, 1.807) is 7.11 Å². The summed E-state index contributed by atoms with van der Waals surface area (Å²) < 4.78 is 11.6. The third-order valence-electron chi connectivity index (χ3n) is 8.32. The number of amides is 1. The normalized spacial score (nSPS) is 27.6. The molecule has 2 aromatic heterocycles. The average Bonchev–Trinajstić information content (AvgIpc) is 2.86. The predicted octanol–water partition coefficient (Wildman–Crippen LogP) is 2.80. The molecule has 2 saturated carbocycles. The number of carbonyl (C=O) groups excluding carboxylic acids is 1. The monoisotopic (exact) mass is 511 g/mol. The molecule has 5 rings (SSSR count). The first kappa shape index (κ1) is 26.3. The zero-order valence-corrected chi connectivity index (χ0v) is 22.4. The second-order valence-electron chi connectivity index (χ2n) is 11.4. The Kier molecular flexibility index (Phi) is 8.21. The number of methoxy groups -OCH3 is 1. The minimum atomic E-state index is -0.210. The first-order chi connectivity index (χ1) is 17.9. The number of aliphatic hydroxyl groups is 1. The van der Waals surface area contributed by atoms with Crippen LogP contribution >= 0.6 is 0 Å². The summed E-state index contributed by atoms with van der Waals surface area (Å²) in [6.45, 7) is 6.30. The molecule has 9 heteroatoms. The van der Waals surface area contributed by atoms with E-state index in [-0.39, 0.29) is 24.0 Å². The topological polar surface area (TPSA) is 101 Å². The van der Waals surface area contributed by atoms with E-state index in [1.165, 1.54) is 0 Å². The molecule has 1 N–H and O–H groups in total. The lowest BCUT2D eigenvalue weighted by Crippen LogP contribution is -2.52. The maximum atomic E-state index is 12.9. The molecule has 0 unspecified atom stereocenters. The second kappa shape index (κ2) is 11.6. The summed E-state index contributed by atoms with van der Waals surface area (Å²) in [6, 6.07) is 0. The standard InChI is InChI=1S/C28H41N5O4/c1-18(17-36-3)12-25-29-16-24-26(31-25)23(19-4-6-21(34)7-5-19)15-30-27(24)37-22-13-20(14-22)28(35)33-10-8-32(2)9-11-33/h15-16,18-22,34H,4-14,17H2,1-3H3/t18-,19?,20?,21?,22?/m1/s1. The fraction of sp³-hybridized carbons (Fsp3) is 0.714. The van der Waals surface area contributed by atoms with E-state index in [4.69, 9.17) is 19.4 Å². The van der Waals surface area contributed by atoms with Crippen molar-refractivity contribution in [2.45, 2.75) is 70.0 Å². The van der Waals surface area contributed by atoms with Crippen molar-refractivity contribution in [2.75, 3.05) is 46.9 Å². The highest BCUT2D eigenvalue weighted by Crippen LogP contribution is 2.39. The zero-order chi connectivity index (χ0) is 25.9. The van der Waals surface area contributed by atoms with E-state index in [0.717, 1.165) is 93.4 Å². The number of hydrogen-bond acceptors (Lipinski definition) is 8. The van der Waals surface area contributed by atoms with Gasteiger partial charge < -0.3 is 24.4 Å². The van der Waals surface area contributed by atoms with Gasteiger partial charge in [0.05, 0.1) is 17.0 Å². The Morgan fingerprint density at radius 1 is 1.11 bits per heavy atom. The summed E-state index contributed by atoms with van der Waals surface area (Å²) in [4.78, 5) is 31.6. The number of fused-ring (bicyclic) bond motifs is 1. The van der Waals surface area contributed by atoms with E-state index < -0.39 is 0 Å². The van der Waals surface area contributed by atoms with Gasteiger partial charge in [-0.3, -0.25) is 4.79 Å². The zero-order valence-electron chi connectivity index (χ0n) is 22.4. The van der Waals surface area contributed by atoms with Crippen LogP contribution in [0.4, 0.5) is 0 Å². The van der Waals surface area contributed by atoms with Crippen molar-refractivity contribution < 1.29 is 19.4 Å². The lowest BCUT2D eigenvalue weighted by molar-refractivity contribution is -0.143. The van der Waals surface area contributed by atoms with E-state index in [0.29, 0.717) is 24.3 Å². The smallest absolute Gasteiger partial charge is 0.226 e. The van der Waals surface area contributed by atoms with Crippen LogP contribution in [0.2, 0.25) is 0 Å². The first-order valence-electron chi connectivity index (χ1n) is 13.9. The number of hydrogen-bond donors (Lipinski definition) is 1. The number of piperazine rings is 1. The molecule has 1 atom stereocenters. The fourth-order valence-corrected chi connectivity index (χ4v) is 5.89. The van der Waals surface area contributed by atoms with Gasteiger partial charge in [-0.15, -0.1) is 0 Å². The van der Waals surface area contributed by atoms with Crippen LogP contribution < -0.4 is 4.74 Å². The summed E-state index contributed by atoms with van der Waals surface area (Å²) in [6.07, 6.45) is 9.20. The Morgan fingerprint density at radius 3 is 2.54 bits per heavy atom. The number of aromatic nitrogens is 3. The van der Waals surface area contributed by atoms with Crippen molar-refractivity contribution in [3.05, 3.63) is 23.8 Å². The van der Waals surface area contributed by atoms with Crippen LogP contribution in [0.25, 0.3) is 10.9 Å². The summed E-state index contributed by atoms with van der Waals surface area (Å²) in [5.74, 6) is 2.30. The van der Waals surface area contributed by atoms with Crippen molar-refractivity contribution in [1.82, 2.24) is 24.8 Å². The number of carbonyl (C=O) groups is 1. The van der Waals surface area contributed by atoms with Gasteiger partial charge in [-0.05, 0) is 57.4 Å². The second-order valence-corrected chi connectivity index (χ2v) is 11.4. The minimum Gasteiger partial charge on any atom is -0.474 e. The Bertz CT molecular complexity index is 1080. The van der Waals surface area contributed by atoms with Crippen LogP contribution in [0.5, 0.6) is 5.88 Å². The van der Waals surface area contributed by atoms with Crippen LogP contribution in [0.1, 0.15) is 62.8 Å². The molecule has 3 fully saturated rings. The summed E-state index contributed by atoms with van der Waals surface area (Å²) in [5, 5.41) is 10.8. The van der Waals surface area contributed by atoms with Crippen LogP contribution in [0, 0.1) is 11.8 Å². The van der Waals surface area contributed by atoms with E-state index in [1.807, 2.05) is 17.3 Å². The van der Waals surface area contributed by atoms with Crippen LogP contribution in [0.15, 0.2) is 12.4 Å². The third-order valence-corrected chi connectivity index (χ3v) is 8.32. The van der Waals surface area contributed by atoms with Gasteiger partial charge in [0.1, 0.15) is 11.9 Å². The number of ether oxygens (including phenoxy) is 2. The molecule has 2 aromatic rings. The fourth-order valence-electron chi connectivity index (χ4n) is 5.89. The van der Waals surface area contributed by atoms with E-state index in [9.17, 15) is 9.90 Å². The minimum absolute atomic E-state index is 0.0193. The average molecular weight is 512 g/mol. The van der Waals surface area contributed by atoms with Gasteiger partial charge in [-0.25, -0.2) is 15.0 Å². The molecule has 3 aliphatic rings. The van der Waals surface area contributed by atoms with Crippen LogP contribution in [-0.2, 0) is 16.0 Å². The summed E-state index contributed by atoms with van der Waals surface area (Å²) in [5.41, 5.74) is 2.03. The third kappa shape index (κ3) is 6.04. The number of nitrogens with zero attached hydrogens (tertiary/aromatic N) is 5. The molecule has 1 aliphatic heterocycles. The molecular weight excluding hydrogens is 470 g/mol. The Morgan fingerprint density at radius 2 is 1.84 bits per heavy atom. The predicted molar refractivity (Wildman–Crippen MR) is 141 cm³/mol. The van der Waals surface area contributed by atoms with Crippen LogP contribution in [-0.4, -0.2) is 94.9 Å². The number of likely N-dealkylation sites (N-methyl/N-ethyl adjacent to an activating group) is 1. The molecular formula is C28H41N5O4. The lowest BCUT2D eigenvalue weighted by atomic mass is 9.81. The van der Waals surface area contributed by atoms with Gasteiger partial charge in [-0.2, -0.15) is 0 Å². The van der Waals surface area contributed by atoms with Gasteiger partial charge in [0.2, 0.25) is 11.8 Å². The highest BCUT2D eigenvalue weighted by molar-refractivity contribution is 5.86. The number of aliphatic hydroxyl groups excluding tert-OH is 1. The molecule has 9 nitrogen and oxygen atoms in total. The highest BCUT2D eigenvalue weighted by Gasteiger charge is 2.39. The van der Waals surface area contributed by atoms with Crippen molar-refractivity contribution >= 4 is 16.8 Å². The Hall–Kier alpha value is -2.36. The number of rotatable bonds is 8. The van der Waals surface area contributed by atoms with Crippen molar-refractivity contribution in [1.29, 1.82) is 0 Å². The quantitative estimate of drug-likeness (QED) is 0.578. The van der Waals surface area contributed by atoms with Gasteiger partial charge >= 0.3 is 0 Å². The van der Waals surface area contributed by atoms with Crippen molar-refractivity contribution in [2.24, 2.45) is 11.8 Å². The molecule has 0 spiro atoms. The number of pyridine rings is 1. The molecule has 1 saturated heterocycles. The maximum Gasteiger partial charge on any atom is 0.226 e. The molecule has 0 radical (unpaired) electrons. The van der Waals surface area contributed by atoms with E-state index >= 15 is 0 Å². The molecule has 0 bridgehead atoms. The largest absolute Gasteiger partial charge is 0.474 e. The van der Waals surface area contributed by atoms with Gasteiger partial charge in [0.25, 0.3) is 0 Å². The Labute approximate surface area is 219 Å². The molecule has 2 aliphatic carbocycles. The summed E-state index contributed by atoms with van der Waals surface area (Å²) >= 11 is 0. The molecule has 202 valence electrons. The lowest BCUT2D eigenvalue weighted by Gasteiger charge is -2.40. The van der Waals surface area contributed by atoms with Gasteiger partial charge in [-0.1, -0.05) is 6.92 Å². The molecule has 3 heterocycles. The maximum absolute atomic E-state index is 12.9. The molecule has 0 aromatic carbocycles. The molecule has 37 heavy (non-hydrogen) atoms. The van der Waals surface area contributed by atoms with Crippen molar-refractivity contribution in [3.63, 3.8) is 0 Å². The van der Waals surface area contributed by atoms with Crippen LogP contribution in [0.3, 0.4) is 0 Å². The molecule has 1 amide bonds. The van der Waals surface area contributed by atoms with Gasteiger partial charge in [0.15, 0.2) is 0 Å². The van der Waals surface area contributed by atoms with Crippen molar-refractivity contribution in [3.8, 4) is 5.88 Å². The highest BCUT2D eigenvalue weighted by atomic mass is 16.5. The Balaban J connectivity index is 1.31. The summed E-state index contributed by atoms with van der Waals surface area (Å²) in [7, 11) is 3.81. The SMILES string of the molecule is COC[C@H](C)Cc1ncc2c(OC3CC(C(=O)N4CCN(C)CC4)C3)ncc(C3CCC(O)CC3)c2n1. The first-order valence-corrected chi connectivity index (χ1v) is 13.9. The van der Waals surface area contributed by atoms with E-state index in [2.05, 4.69) is 23.9 Å².